The number of anilines is 1. The number of aromatic nitrogens is 2. The van der Waals surface area contributed by atoms with Crippen LogP contribution in [-0.2, 0) is 11.3 Å². The minimum atomic E-state index is -2.94. The summed E-state index contributed by atoms with van der Waals surface area (Å²) in [6, 6.07) is 4.65. The van der Waals surface area contributed by atoms with E-state index in [4.69, 9.17) is 0 Å². The van der Waals surface area contributed by atoms with Crippen molar-refractivity contribution in [3.05, 3.63) is 39.2 Å². The number of hydrogen-bond donors (Lipinski definition) is 1. The first-order chi connectivity index (χ1) is 10.8. The highest BCUT2D eigenvalue weighted by Crippen LogP contribution is 2.27. The number of ether oxygens (including phenoxy) is 1. The quantitative estimate of drug-likeness (QED) is 0.704. The first-order valence-corrected chi connectivity index (χ1v) is 7.98. The molecule has 1 amide bonds. The van der Waals surface area contributed by atoms with Gasteiger partial charge in [0.05, 0.1) is 15.0 Å². The Bertz CT molecular complexity index is 685. The average molecular weight is 435 g/mol. The predicted molar refractivity (Wildman–Crippen MR) is 90.7 cm³/mol. The normalized spacial score (nSPS) is 10.9. The third kappa shape index (κ3) is 5.15. The zero-order valence-electron chi connectivity index (χ0n) is 12.6. The van der Waals surface area contributed by atoms with Gasteiger partial charge in [0, 0.05) is 19.2 Å². The highest BCUT2D eigenvalue weighted by Gasteiger charge is 2.13. The number of hydrogen-bond acceptors (Lipinski definition) is 3. The molecule has 0 unspecified atom stereocenters. The van der Waals surface area contributed by atoms with Crippen LogP contribution in [0.4, 0.5) is 14.5 Å². The molecule has 8 heteroatoms. The Labute approximate surface area is 146 Å². The molecule has 1 heterocycles. The standard InChI is InChI=1S/C15H16F2IN3O2/c1-9-3-4-13(23-15(16)17)12(7-9)19-14(22)5-6-21-8-11(18)10(2)20-21/h3-4,7-8,15H,5-6H2,1-2H3,(H,19,22). The number of nitrogens with zero attached hydrogens (tertiary/aromatic N) is 2. The number of nitrogens with one attached hydrogen (secondary N) is 1. The second-order valence-corrected chi connectivity index (χ2v) is 6.16. The van der Waals surface area contributed by atoms with Crippen LogP contribution >= 0.6 is 22.6 Å². The molecule has 0 fully saturated rings. The van der Waals surface area contributed by atoms with Crippen molar-refractivity contribution < 1.29 is 18.3 Å². The Morgan fingerprint density at radius 2 is 2.17 bits per heavy atom. The summed E-state index contributed by atoms with van der Waals surface area (Å²) in [5.74, 6) is -0.346. The SMILES string of the molecule is Cc1ccc(OC(F)F)c(NC(=O)CCn2cc(I)c(C)n2)c1. The molecule has 0 bridgehead atoms. The lowest BCUT2D eigenvalue weighted by Crippen LogP contribution is -2.16. The molecule has 2 aromatic rings. The van der Waals surface area contributed by atoms with Gasteiger partial charge in [-0.05, 0) is 54.1 Å². The number of halogens is 3. The minimum absolute atomic E-state index is 0.0524. The van der Waals surface area contributed by atoms with Crippen LogP contribution in [-0.4, -0.2) is 22.3 Å². The van der Waals surface area contributed by atoms with E-state index < -0.39 is 6.61 Å². The maximum Gasteiger partial charge on any atom is 0.387 e. The molecule has 0 radical (unpaired) electrons. The molecular weight excluding hydrogens is 419 g/mol. The molecule has 0 aliphatic heterocycles. The molecule has 2 rings (SSSR count). The number of carbonyl (C=O) groups is 1. The zero-order chi connectivity index (χ0) is 17.0. The average Bonchev–Trinajstić information content (AvgIpc) is 2.78. The Balaban J connectivity index is 2.00. The summed E-state index contributed by atoms with van der Waals surface area (Å²) in [5, 5.41) is 6.87. The van der Waals surface area contributed by atoms with Crippen molar-refractivity contribution in [2.75, 3.05) is 5.32 Å². The highest BCUT2D eigenvalue weighted by atomic mass is 127. The lowest BCUT2D eigenvalue weighted by atomic mass is 10.2. The van der Waals surface area contributed by atoms with Crippen molar-refractivity contribution in [2.24, 2.45) is 0 Å². The zero-order valence-corrected chi connectivity index (χ0v) is 14.8. The van der Waals surface area contributed by atoms with Crippen LogP contribution in [0.3, 0.4) is 0 Å². The van der Waals surface area contributed by atoms with E-state index in [0.29, 0.717) is 6.54 Å². The molecule has 23 heavy (non-hydrogen) atoms. The molecule has 0 saturated heterocycles. The van der Waals surface area contributed by atoms with Gasteiger partial charge in [0.25, 0.3) is 0 Å². The van der Waals surface area contributed by atoms with Gasteiger partial charge >= 0.3 is 6.61 Å². The van der Waals surface area contributed by atoms with E-state index in [2.05, 4.69) is 37.7 Å². The van der Waals surface area contributed by atoms with Crippen LogP contribution in [0, 0.1) is 17.4 Å². The fourth-order valence-corrected chi connectivity index (χ4v) is 2.41. The largest absolute Gasteiger partial charge is 0.433 e. The second kappa shape index (κ2) is 7.71. The molecule has 0 atom stereocenters. The molecule has 5 nitrogen and oxygen atoms in total. The fraction of sp³-hybridized carbons (Fsp3) is 0.333. The molecule has 0 aliphatic carbocycles. The van der Waals surface area contributed by atoms with Gasteiger partial charge in [0.1, 0.15) is 5.75 Å². The molecule has 1 N–H and O–H groups in total. The van der Waals surface area contributed by atoms with E-state index in [-0.39, 0.29) is 23.8 Å². The summed E-state index contributed by atoms with van der Waals surface area (Å²) in [4.78, 5) is 12.0. The van der Waals surface area contributed by atoms with Gasteiger partial charge in [0.15, 0.2) is 0 Å². The third-order valence-electron chi connectivity index (χ3n) is 3.08. The summed E-state index contributed by atoms with van der Waals surface area (Å²) in [6.45, 7) is 1.16. The van der Waals surface area contributed by atoms with E-state index in [1.54, 1.807) is 23.7 Å². The Kier molecular flexibility index (Phi) is 5.91. The maximum atomic E-state index is 12.4. The smallest absolute Gasteiger partial charge is 0.387 e. The van der Waals surface area contributed by atoms with E-state index in [9.17, 15) is 13.6 Å². The number of aryl methyl sites for hydroxylation is 3. The lowest BCUT2D eigenvalue weighted by Gasteiger charge is -2.12. The second-order valence-electron chi connectivity index (χ2n) is 5.00. The highest BCUT2D eigenvalue weighted by molar-refractivity contribution is 14.1. The monoisotopic (exact) mass is 435 g/mol. The number of benzene rings is 1. The number of rotatable bonds is 6. The van der Waals surface area contributed by atoms with Crippen molar-refractivity contribution in [1.29, 1.82) is 0 Å². The fourth-order valence-electron chi connectivity index (χ4n) is 1.98. The van der Waals surface area contributed by atoms with E-state index in [1.807, 2.05) is 13.1 Å². The van der Waals surface area contributed by atoms with Crippen LogP contribution in [0.25, 0.3) is 0 Å². The van der Waals surface area contributed by atoms with Gasteiger partial charge < -0.3 is 10.1 Å². The van der Waals surface area contributed by atoms with Crippen LogP contribution in [0.15, 0.2) is 24.4 Å². The van der Waals surface area contributed by atoms with Crippen LogP contribution < -0.4 is 10.1 Å². The van der Waals surface area contributed by atoms with Gasteiger partial charge in [-0.15, -0.1) is 0 Å². The van der Waals surface area contributed by atoms with Crippen LogP contribution in [0.1, 0.15) is 17.7 Å². The minimum Gasteiger partial charge on any atom is -0.433 e. The molecular formula is C15H16F2IN3O2. The number of amides is 1. The Morgan fingerprint density at radius 3 is 2.78 bits per heavy atom. The predicted octanol–water partition coefficient (Wildman–Crippen LogP) is 3.73. The maximum absolute atomic E-state index is 12.4. The summed E-state index contributed by atoms with van der Waals surface area (Å²) in [6.07, 6.45) is 2.03. The molecule has 124 valence electrons. The third-order valence-corrected chi connectivity index (χ3v) is 4.14. The topological polar surface area (TPSA) is 56.1 Å². The Morgan fingerprint density at radius 1 is 1.43 bits per heavy atom. The van der Waals surface area contributed by atoms with E-state index in [1.165, 1.54) is 6.07 Å². The molecule has 0 saturated carbocycles. The summed E-state index contributed by atoms with van der Waals surface area (Å²) in [7, 11) is 0. The Hall–Kier alpha value is -1.71. The van der Waals surface area contributed by atoms with Crippen molar-refractivity contribution >= 4 is 34.2 Å². The molecule has 0 aliphatic rings. The molecule has 0 spiro atoms. The summed E-state index contributed by atoms with van der Waals surface area (Å²) >= 11 is 2.17. The number of carbonyl (C=O) groups excluding carboxylic acids is 1. The van der Waals surface area contributed by atoms with Gasteiger partial charge in [-0.2, -0.15) is 13.9 Å². The van der Waals surface area contributed by atoms with Gasteiger partial charge in [-0.1, -0.05) is 6.07 Å². The van der Waals surface area contributed by atoms with Crippen LogP contribution in [0.5, 0.6) is 5.75 Å². The first kappa shape index (κ1) is 17.6. The summed E-state index contributed by atoms with van der Waals surface area (Å²) < 4.78 is 31.9. The number of alkyl halides is 2. The van der Waals surface area contributed by atoms with Gasteiger partial charge in [-0.3, -0.25) is 9.48 Å². The van der Waals surface area contributed by atoms with Crippen LogP contribution in [0.2, 0.25) is 0 Å². The van der Waals surface area contributed by atoms with Gasteiger partial charge in [-0.25, -0.2) is 0 Å². The van der Waals surface area contributed by atoms with Crippen molar-refractivity contribution in [1.82, 2.24) is 9.78 Å². The molecule has 1 aromatic carbocycles. The van der Waals surface area contributed by atoms with E-state index >= 15 is 0 Å². The van der Waals surface area contributed by atoms with E-state index in [0.717, 1.165) is 14.8 Å². The van der Waals surface area contributed by atoms with Crippen molar-refractivity contribution in [3.8, 4) is 5.75 Å². The van der Waals surface area contributed by atoms with Crippen molar-refractivity contribution in [3.63, 3.8) is 0 Å². The summed E-state index contributed by atoms with van der Waals surface area (Å²) in [5.41, 5.74) is 1.97. The lowest BCUT2D eigenvalue weighted by molar-refractivity contribution is -0.116. The molecule has 1 aromatic heterocycles. The van der Waals surface area contributed by atoms with Crippen molar-refractivity contribution in [2.45, 2.75) is 33.4 Å². The van der Waals surface area contributed by atoms with Gasteiger partial charge in [0.2, 0.25) is 5.91 Å². The first-order valence-electron chi connectivity index (χ1n) is 6.90.